The van der Waals surface area contributed by atoms with Gasteiger partial charge in [0.2, 0.25) is 0 Å². The van der Waals surface area contributed by atoms with Crippen LogP contribution in [0.1, 0.15) is 30.3 Å². The van der Waals surface area contributed by atoms with Gasteiger partial charge in [0.05, 0.1) is 5.69 Å². The van der Waals surface area contributed by atoms with E-state index < -0.39 is 11.6 Å². The number of aryl methyl sites for hydroxylation is 1. The fraction of sp³-hybridized carbons (Fsp3) is 0.438. The normalized spacial score (nSPS) is 20.8. The lowest BCUT2D eigenvalue weighted by Gasteiger charge is -2.07. The highest BCUT2D eigenvalue weighted by Gasteiger charge is 2.32. The quantitative estimate of drug-likeness (QED) is 0.937. The van der Waals surface area contributed by atoms with Gasteiger partial charge in [-0.05, 0) is 38.3 Å². The molecule has 2 aromatic rings. The third-order valence-electron chi connectivity index (χ3n) is 4.23. The lowest BCUT2D eigenvalue weighted by atomic mass is 10.2. The van der Waals surface area contributed by atoms with E-state index in [0.717, 1.165) is 35.5 Å². The molecule has 1 aromatic carbocycles. The molecule has 3 nitrogen and oxygen atoms in total. The molecule has 1 saturated carbocycles. The van der Waals surface area contributed by atoms with Gasteiger partial charge >= 0.3 is 0 Å². The van der Waals surface area contributed by atoms with Crippen LogP contribution in [-0.4, -0.2) is 15.8 Å². The molecule has 21 heavy (non-hydrogen) atoms. The van der Waals surface area contributed by atoms with Gasteiger partial charge in [-0.25, -0.2) is 13.5 Å². The molecule has 0 spiro atoms. The lowest BCUT2D eigenvalue weighted by molar-refractivity contribution is 0.572. The van der Waals surface area contributed by atoms with Crippen molar-refractivity contribution in [2.75, 3.05) is 0 Å². The molecule has 0 radical (unpaired) electrons. The number of hydrogen-bond donors (Lipinski definition) is 1. The predicted octanol–water partition coefficient (Wildman–Crippen LogP) is 3.27. The van der Waals surface area contributed by atoms with E-state index >= 15 is 0 Å². The Labute approximate surface area is 123 Å². The number of halogens is 2. The van der Waals surface area contributed by atoms with E-state index in [0.29, 0.717) is 6.04 Å². The van der Waals surface area contributed by atoms with Crippen molar-refractivity contribution in [2.45, 2.75) is 39.8 Å². The van der Waals surface area contributed by atoms with Crippen LogP contribution < -0.4 is 5.32 Å². The largest absolute Gasteiger partial charge is 0.310 e. The van der Waals surface area contributed by atoms with Gasteiger partial charge in [0.25, 0.3) is 0 Å². The second kappa shape index (κ2) is 5.22. The Morgan fingerprint density at radius 1 is 1.33 bits per heavy atom. The van der Waals surface area contributed by atoms with Crippen LogP contribution >= 0.6 is 0 Å². The van der Waals surface area contributed by atoms with E-state index in [1.54, 1.807) is 4.68 Å². The van der Waals surface area contributed by atoms with Crippen molar-refractivity contribution in [3.05, 3.63) is 46.8 Å². The first-order valence-electron chi connectivity index (χ1n) is 7.21. The molecule has 2 unspecified atom stereocenters. The lowest BCUT2D eigenvalue weighted by Crippen LogP contribution is -2.18. The molecule has 112 valence electrons. The minimum atomic E-state index is -0.601. The molecular formula is C16H19F2N3. The zero-order chi connectivity index (χ0) is 15.1. The fourth-order valence-corrected chi connectivity index (χ4v) is 2.66. The molecule has 0 bridgehead atoms. The summed E-state index contributed by atoms with van der Waals surface area (Å²) in [5.41, 5.74) is 3.12. The van der Waals surface area contributed by atoms with Crippen LogP contribution in [0.2, 0.25) is 0 Å². The summed E-state index contributed by atoms with van der Waals surface area (Å²) in [6, 6.07) is 4.13. The molecule has 5 heteroatoms. The van der Waals surface area contributed by atoms with Crippen LogP contribution in [0.3, 0.4) is 0 Å². The molecule has 1 fully saturated rings. The van der Waals surface area contributed by atoms with Crippen molar-refractivity contribution in [3.8, 4) is 5.69 Å². The van der Waals surface area contributed by atoms with E-state index in [4.69, 9.17) is 0 Å². The minimum Gasteiger partial charge on any atom is -0.310 e. The Morgan fingerprint density at radius 3 is 2.67 bits per heavy atom. The van der Waals surface area contributed by atoms with Crippen LogP contribution in [0.15, 0.2) is 18.2 Å². The van der Waals surface area contributed by atoms with Crippen LogP contribution in [0.5, 0.6) is 0 Å². The van der Waals surface area contributed by atoms with Crippen LogP contribution in [0.25, 0.3) is 5.69 Å². The van der Waals surface area contributed by atoms with E-state index in [1.807, 2.05) is 13.8 Å². The summed E-state index contributed by atoms with van der Waals surface area (Å²) in [5.74, 6) is -0.450. The summed E-state index contributed by atoms with van der Waals surface area (Å²) in [6.07, 6.45) is 1.21. The van der Waals surface area contributed by atoms with Crippen LogP contribution in [0.4, 0.5) is 8.78 Å². The number of aromatic nitrogens is 2. The van der Waals surface area contributed by atoms with Crippen LogP contribution in [-0.2, 0) is 6.54 Å². The number of hydrogen-bond acceptors (Lipinski definition) is 2. The standard InChI is InChI=1S/C16H19F2N3/c1-9-6-15(9)19-8-13-10(2)20-21(11(13)3)16-5-4-12(17)7-14(16)18/h4-5,7,9,15,19H,6,8H2,1-3H3. The highest BCUT2D eigenvalue weighted by molar-refractivity contribution is 5.38. The molecule has 1 aliphatic carbocycles. The third-order valence-corrected chi connectivity index (χ3v) is 4.23. The van der Waals surface area contributed by atoms with E-state index in [1.165, 1.54) is 18.6 Å². The molecule has 0 saturated heterocycles. The number of nitrogens with zero attached hydrogens (tertiary/aromatic N) is 2. The second-order valence-corrected chi connectivity index (χ2v) is 5.86. The molecule has 1 aliphatic rings. The monoisotopic (exact) mass is 291 g/mol. The van der Waals surface area contributed by atoms with Crippen LogP contribution in [0, 0.1) is 31.4 Å². The Morgan fingerprint density at radius 2 is 2.05 bits per heavy atom. The van der Waals surface area contributed by atoms with Crippen molar-refractivity contribution in [1.29, 1.82) is 0 Å². The summed E-state index contributed by atoms with van der Waals surface area (Å²) in [5, 5.41) is 7.89. The summed E-state index contributed by atoms with van der Waals surface area (Å²) in [7, 11) is 0. The van der Waals surface area contributed by atoms with Crippen molar-refractivity contribution in [1.82, 2.24) is 15.1 Å². The van der Waals surface area contributed by atoms with Gasteiger partial charge < -0.3 is 5.32 Å². The SMILES string of the molecule is Cc1nn(-c2ccc(F)cc2F)c(C)c1CNC1CC1C. The van der Waals surface area contributed by atoms with Gasteiger partial charge in [0.15, 0.2) is 5.82 Å². The Balaban J connectivity index is 1.89. The summed E-state index contributed by atoms with van der Waals surface area (Å²) < 4.78 is 28.5. The average Bonchev–Trinajstić information content (AvgIpc) is 3.05. The Bertz CT molecular complexity index is 678. The number of benzene rings is 1. The molecule has 0 amide bonds. The first-order chi connectivity index (χ1) is 9.97. The summed E-state index contributed by atoms with van der Waals surface area (Å²) in [6.45, 7) is 6.78. The first kappa shape index (κ1) is 14.2. The van der Waals surface area contributed by atoms with Gasteiger partial charge in [-0.2, -0.15) is 5.10 Å². The van der Waals surface area contributed by atoms with Crippen molar-refractivity contribution in [2.24, 2.45) is 5.92 Å². The van der Waals surface area contributed by atoms with Crippen molar-refractivity contribution >= 4 is 0 Å². The molecule has 1 aromatic heterocycles. The Hall–Kier alpha value is -1.75. The van der Waals surface area contributed by atoms with E-state index in [9.17, 15) is 8.78 Å². The molecule has 1 N–H and O–H groups in total. The zero-order valence-corrected chi connectivity index (χ0v) is 12.5. The fourth-order valence-electron chi connectivity index (χ4n) is 2.66. The third kappa shape index (κ3) is 2.70. The topological polar surface area (TPSA) is 29.9 Å². The molecular weight excluding hydrogens is 272 g/mol. The highest BCUT2D eigenvalue weighted by atomic mass is 19.1. The van der Waals surface area contributed by atoms with Gasteiger partial charge in [-0.3, -0.25) is 0 Å². The van der Waals surface area contributed by atoms with Gasteiger partial charge in [-0.15, -0.1) is 0 Å². The molecule has 0 aliphatic heterocycles. The van der Waals surface area contributed by atoms with Crippen molar-refractivity contribution in [3.63, 3.8) is 0 Å². The maximum absolute atomic E-state index is 13.9. The van der Waals surface area contributed by atoms with E-state index in [-0.39, 0.29) is 5.69 Å². The molecule has 2 atom stereocenters. The smallest absolute Gasteiger partial charge is 0.151 e. The molecule has 1 heterocycles. The maximum Gasteiger partial charge on any atom is 0.151 e. The van der Waals surface area contributed by atoms with Gasteiger partial charge in [-0.1, -0.05) is 6.92 Å². The van der Waals surface area contributed by atoms with Gasteiger partial charge in [0.1, 0.15) is 11.5 Å². The maximum atomic E-state index is 13.9. The predicted molar refractivity (Wildman–Crippen MR) is 77.4 cm³/mol. The second-order valence-electron chi connectivity index (χ2n) is 5.86. The molecule has 3 rings (SSSR count). The van der Waals surface area contributed by atoms with E-state index in [2.05, 4.69) is 17.3 Å². The first-order valence-corrected chi connectivity index (χ1v) is 7.21. The Kier molecular flexibility index (Phi) is 3.53. The van der Waals surface area contributed by atoms with Gasteiger partial charge in [0, 0.05) is 29.9 Å². The summed E-state index contributed by atoms with van der Waals surface area (Å²) in [4.78, 5) is 0. The number of rotatable bonds is 4. The average molecular weight is 291 g/mol. The number of nitrogens with one attached hydrogen (secondary N) is 1. The van der Waals surface area contributed by atoms with Crippen molar-refractivity contribution < 1.29 is 8.78 Å². The zero-order valence-electron chi connectivity index (χ0n) is 12.5. The minimum absolute atomic E-state index is 0.281. The summed E-state index contributed by atoms with van der Waals surface area (Å²) >= 11 is 0. The highest BCUT2D eigenvalue weighted by Crippen LogP contribution is 2.30.